The number of hydrogen-bond acceptors (Lipinski definition) is 3. The van der Waals surface area contributed by atoms with E-state index in [0.29, 0.717) is 17.6 Å². The summed E-state index contributed by atoms with van der Waals surface area (Å²) in [6.45, 7) is 5.96. The van der Waals surface area contributed by atoms with E-state index in [-0.39, 0.29) is 5.82 Å². The quantitative estimate of drug-likeness (QED) is 0.788. The lowest BCUT2D eigenvalue weighted by molar-refractivity contribution is 0.549. The van der Waals surface area contributed by atoms with Gasteiger partial charge in [0.1, 0.15) is 6.33 Å². The second-order valence-electron chi connectivity index (χ2n) is 4.39. The lowest BCUT2D eigenvalue weighted by atomic mass is 10.1. The van der Waals surface area contributed by atoms with Crippen molar-refractivity contribution in [2.24, 2.45) is 0 Å². The Morgan fingerprint density at radius 3 is 2.65 bits per heavy atom. The van der Waals surface area contributed by atoms with Gasteiger partial charge in [-0.15, -0.1) is 0 Å². The Labute approximate surface area is 103 Å². The van der Waals surface area contributed by atoms with Gasteiger partial charge >= 0.3 is 0 Å². The highest BCUT2D eigenvalue weighted by molar-refractivity contribution is 5.37. The molecule has 0 aromatic carbocycles. The molecule has 1 aromatic rings. The third-order valence-corrected chi connectivity index (χ3v) is 2.85. The van der Waals surface area contributed by atoms with Crippen LogP contribution in [-0.2, 0) is 0 Å². The number of hydrogen-bond donors (Lipinski definition) is 1. The van der Waals surface area contributed by atoms with Gasteiger partial charge in [-0.3, -0.25) is 0 Å². The average Bonchev–Trinajstić information content (AvgIpc) is 2.32. The Bertz CT molecular complexity index is 341. The molecule has 1 heterocycles. The number of aromatic nitrogens is 2. The van der Waals surface area contributed by atoms with Crippen molar-refractivity contribution in [2.75, 3.05) is 5.32 Å². The fourth-order valence-corrected chi connectivity index (χ4v) is 1.84. The van der Waals surface area contributed by atoms with Crippen molar-refractivity contribution in [3.05, 3.63) is 17.8 Å². The zero-order valence-electron chi connectivity index (χ0n) is 11.0. The number of unbranched alkanes of at least 4 members (excludes halogenated alkanes) is 1. The van der Waals surface area contributed by atoms with Gasteiger partial charge in [0.25, 0.3) is 0 Å². The maximum Gasteiger partial charge on any atom is 0.186 e. The minimum absolute atomic E-state index is 0.309. The summed E-state index contributed by atoms with van der Waals surface area (Å²) in [6.07, 6.45) is 6.92. The van der Waals surface area contributed by atoms with Gasteiger partial charge in [0.15, 0.2) is 11.6 Å². The number of anilines is 1. The van der Waals surface area contributed by atoms with Crippen molar-refractivity contribution in [3.8, 4) is 0 Å². The first-order valence-electron chi connectivity index (χ1n) is 6.42. The van der Waals surface area contributed by atoms with Gasteiger partial charge in [-0.05, 0) is 19.8 Å². The predicted molar refractivity (Wildman–Crippen MR) is 68.6 cm³/mol. The van der Waals surface area contributed by atoms with E-state index in [1.807, 2.05) is 0 Å². The Balaban J connectivity index is 2.67. The highest BCUT2D eigenvalue weighted by Gasteiger charge is 2.12. The molecule has 96 valence electrons. The first-order chi connectivity index (χ1) is 8.19. The van der Waals surface area contributed by atoms with Crippen LogP contribution in [0.3, 0.4) is 0 Å². The van der Waals surface area contributed by atoms with Crippen molar-refractivity contribution in [1.29, 1.82) is 0 Å². The second kappa shape index (κ2) is 7.20. The van der Waals surface area contributed by atoms with E-state index in [0.717, 1.165) is 32.1 Å². The maximum absolute atomic E-state index is 13.7. The molecule has 0 aliphatic rings. The van der Waals surface area contributed by atoms with E-state index in [1.165, 1.54) is 6.33 Å². The fraction of sp³-hybridized carbons (Fsp3) is 0.692. The predicted octanol–water partition coefficient (Wildman–Crippen LogP) is 3.69. The van der Waals surface area contributed by atoms with Crippen LogP contribution in [0, 0.1) is 12.7 Å². The Hall–Kier alpha value is -1.19. The summed E-state index contributed by atoms with van der Waals surface area (Å²) in [5.41, 5.74) is 0.397. The van der Waals surface area contributed by atoms with Crippen LogP contribution < -0.4 is 5.32 Å². The molecule has 0 aliphatic carbocycles. The van der Waals surface area contributed by atoms with Gasteiger partial charge in [0.05, 0.1) is 5.69 Å². The van der Waals surface area contributed by atoms with Crippen molar-refractivity contribution >= 4 is 5.82 Å². The van der Waals surface area contributed by atoms with Gasteiger partial charge in [-0.2, -0.15) is 0 Å². The van der Waals surface area contributed by atoms with Gasteiger partial charge in [0.2, 0.25) is 0 Å². The van der Waals surface area contributed by atoms with Crippen LogP contribution in [-0.4, -0.2) is 16.0 Å². The van der Waals surface area contributed by atoms with Crippen molar-refractivity contribution in [3.63, 3.8) is 0 Å². The van der Waals surface area contributed by atoms with Crippen molar-refractivity contribution in [2.45, 2.75) is 58.9 Å². The number of halogens is 1. The number of nitrogens with one attached hydrogen (secondary N) is 1. The molecule has 0 spiro atoms. The molecule has 17 heavy (non-hydrogen) atoms. The molecule has 0 saturated carbocycles. The maximum atomic E-state index is 13.7. The molecule has 1 atom stereocenters. The Morgan fingerprint density at radius 1 is 1.24 bits per heavy atom. The minimum atomic E-state index is -0.329. The van der Waals surface area contributed by atoms with Crippen LogP contribution in [0.15, 0.2) is 6.33 Å². The molecular weight excluding hydrogens is 217 g/mol. The summed E-state index contributed by atoms with van der Waals surface area (Å²) in [5.74, 6) is 0.0113. The molecule has 1 rings (SSSR count). The third-order valence-electron chi connectivity index (χ3n) is 2.85. The molecule has 0 fully saturated rings. The van der Waals surface area contributed by atoms with Crippen molar-refractivity contribution in [1.82, 2.24) is 9.97 Å². The van der Waals surface area contributed by atoms with Gasteiger partial charge < -0.3 is 5.32 Å². The molecular formula is C13H22FN3. The summed E-state index contributed by atoms with van der Waals surface area (Å²) in [7, 11) is 0. The zero-order valence-corrected chi connectivity index (χ0v) is 11.0. The SMILES string of the molecule is CCCCC(CCC)Nc1ncnc(C)c1F. The normalized spacial score (nSPS) is 12.5. The monoisotopic (exact) mass is 239 g/mol. The number of rotatable bonds is 7. The summed E-state index contributed by atoms with van der Waals surface area (Å²) in [4.78, 5) is 7.80. The molecule has 0 saturated heterocycles. The summed E-state index contributed by atoms with van der Waals surface area (Å²) < 4.78 is 13.7. The molecule has 1 N–H and O–H groups in total. The molecule has 0 amide bonds. The Morgan fingerprint density at radius 2 is 2.00 bits per heavy atom. The molecule has 0 radical (unpaired) electrons. The molecule has 1 unspecified atom stereocenters. The topological polar surface area (TPSA) is 37.8 Å². The van der Waals surface area contributed by atoms with Crippen LogP contribution in [0.2, 0.25) is 0 Å². The average molecular weight is 239 g/mol. The van der Waals surface area contributed by atoms with E-state index >= 15 is 0 Å². The molecule has 1 aromatic heterocycles. The smallest absolute Gasteiger partial charge is 0.186 e. The van der Waals surface area contributed by atoms with Crippen LogP contribution in [0.5, 0.6) is 0 Å². The second-order valence-corrected chi connectivity index (χ2v) is 4.39. The van der Waals surface area contributed by atoms with Gasteiger partial charge in [0, 0.05) is 6.04 Å². The van der Waals surface area contributed by atoms with E-state index in [1.54, 1.807) is 6.92 Å². The first-order valence-corrected chi connectivity index (χ1v) is 6.42. The molecule has 0 aliphatic heterocycles. The van der Waals surface area contributed by atoms with E-state index in [2.05, 4.69) is 29.1 Å². The summed E-state index contributed by atoms with van der Waals surface area (Å²) in [5, 5.41) is 3.20. The fourth-order valence-electron chi connectivity index (χ4n) is 1.84. The summed E-state index contributed by atoms with van der Waals surface area (Å²) in [6, 6.07) is 0.309. The van der Waals surface area contributed by atoms with Crippen LogP contribution >= 0.6 is 0 Å². The highest BCUT2D eigenvalue weighted by Crippen LogP contribution is 2.17. The molecule has 0 bridgehead atoms. The van der Waals surface area contributed by atoms with Gasteiger partial charge in [-0.25, -0.2) is 14.4 Å². The molecule has 3 nitrogen and oxygen atoms in total. The standard InChI is InChI=1S/C13H22FN3/c1-4-6-8-11(7-5-2)17-13-12(14)10(3)15-9-16-13/h9,11H,4-8H2,1-3H3,(H,15,16,17). The zero-order chi connectivity index (χ0) is 12.7. The summed E-state index contributed by atoms with van der Waals surface area (Å²) >= 11 is 0. The first kappa shape index (κ1) is 13.9. The van der Waals surface area contributed by atoms with Crippen LogP contribution in [0.1, 0.15) is 51.6 Å². The van der Waals surface area contributed by atoms with Crippen LogP contribution in [0.4, 0.5) is 10.2 Å². The largest absolute Gasteiger partial charge is 0.365 e. The number of nitrogens with zero attached hydrogens (tertiary/aromatic N) is 2. The third kappa shape index (κ3) is 4.29. The number of aryl methyl sites for hydroxylation is 1. The van der Waals surface area contributed by atoms with E-state index in [9.17, 15) is 4.39 Å². The van der Waals surface area contributed by atoms with Gasteiger partial charge in [-0.1, -0.05) is 33.1 Å². The lowest BCUT2D eigenvalue weighted by Crippen LogP contribution is -2.21. The van der Waals surface area contributed by atoms with E-state index in [4.69, 9.17) is 0 Å². The lowest BCUT2D eigenvalue weighted by Gasteiger charge is -2.18. The van der Waals surface area contributed by atoms with Crippen molar-refractivity contribution < 1.29 is 4.39 Å². The highest BCUT2D eigenvalue weighted by atomic mass is 19.1. The minimum Gasteiger partial charge on any atom is -0.365 e. The van der Waals surface area contributed by atoms with E-state index < -0.39 is 0 Å². The van der Waals surface area contributed by atoms with Crippen LogP contribution in [0.25, 0.3) is 0 Å². The Kier molecular flexibility index (Phi) is 5.87. The molecule has 4 heteroatoms.